The van der Waals surface area contributed by atoms with Gasteiger partial charge in [-0.2, -0.15) is 0 Å². The van der Waals surface area contributed by atoms with Gasteiger partial charge in [0.25, 0.3) is 0 Å². The fraction of sp³-hybridized carbons (Fsp3) is 0.647. The van der Waals surface area contributed by atoms with E-state index in [1.807, 2.05) is 12.1 Å². The minimum Gasteiger partial charge on any atom is -0.310 e. The van der Waals surface area contributed by atoms with E-state index in [4.69, 9.17) is 11.6 Å². The lowest BCUT2D eigenvalue weighted by molar-refractivity contribution is 0.145. The van der Waals surface area contributed by atoms with Crippen molar-refractivity contribution in [2.45, 2.75) is 71.1 Å². The van der Waals surface area contributed by atoms with Gasteiger partial charge < -0.3 is 10.6 Å². The molecule has 20 heavy (non-hydrogen) atoms. The zero-order valence-corrected chi connectivity index (χ0v) is 14.1. The fourth-order valence-corrected chi connectivity index (χ4v) is 3.81. The van der Waals surface area contributed by atoms with Crippen LogP contribution in [0.5, 0.6) is 0 Å². The number of hydrogen-bond donors (Lipinski definition) is 2. The normalized spacial score (nSPS) is 21.9. The largest absolute Gasteiger partial charge is 0.310 e. The lowest BCUT2D eigenvalue weighted by atomic mass is 9.79. The summed E-state index contributed by atoms with van der Waals surface area (Å²) >= 11 is 6.01. The quantitative estimate of drug-likeness (QED) is 0.879. The van der Waals surface area contributed by atoms with E-state index >= 15 is 0 Å². The van der Waals surface area contributed by atoms with Gasteiger partial charge in [0.05, 0.1) is 0 Å². The number of hydrogen-bond acceptors (Lipinski definition) is 2. The van der Waals surface area contributed by atoms with Crippen molar-refractivity contribution in [1.82, 2.24) is 10.6 Å². The summed E-state index contributed by atoms with van der Waals surface area (Å²) in [6.45, 7) is 12.2. The SMILES string of the molecule is Cc1cc(Cl)ccc1CNC1CC(C)(C)NC(C)(C)C1. The monoisotopic (exact) mass is 294 g/mol. The second-order valence-corrected chi connectivity index (χ2v) is 7.89. The molecular weight excluding hydrogens is 268 g/mol. The molecule has 2 nitrogen and oxygen atoms in total. The van der Waals surface area contributed by atoms with Crippen LogP contribution in [0.3, 0.4) is 0 Å². The van der Waals surface area contributed by atoms with Gasteiger partial charge in [0.2, 0.25) is 0 Å². The predicted octanol–water partition coefficient (Wildman–Crippen LogP) is 4.05. The summed E-state index contributed by atoms with van der Waals surface area (Å²) in [4.78, 5) is 0. The van der Waals surface area contributed by atoms with E-state index in [1.165, 1.54) is 11.1 Å². The number of benzene rings is 1. The van der Waals surface area contributed by atoms with Gasteiger partial charge in [-0.3, -0.25) is 0 Å². The van der Waals surface area contributed by atoms with Crippen LogP contribution < -0.4 is 10.6 Å². The molecule has 2 N–H and O–H groups in total. The Bertz CT molecular complexity index is 464. The molecule has 0 unspecified atom stereocenters. The van der Waals surface area contributed by atoms with Crippen molar-refractivity contribution in [2.75, 3.05) is 0 Å². The van der Waals surface area contributed by atoms with E-state index in [9.17, 15) is 0 Å². The maximum Gasteiger partial charge on any atom is 0.0408 e. The highest BCUT2D eigenvalue weighted by Crippen LogP contribution is 2.28. The number of nitrogens with one attached hydrogen (secondary N) is 2. The Morgan fingerprint density at radius 2 is 1.80 bits per heavy atom. The maximum absolute atomic E-state index is 6.01. The lowest BCUT2D eigenvalue weighted by Gasteiger charge is -2.46. The van der Waals surface area contributed by atoms with Crippen molar-refractivity contribution < 1.29 is 0 Å². The number of halogens is 1. The summed E-state index contributed by atoms with van der Waals surface area (Å²) in [5, 5.41) is 8.26. The molecule has 112 valence electrons. The maximum atomic E-state index is 6.01. The average molecular weight is 295 g/mol. The Hall–Kier alpha value is -0.570. The van der Waals surface area contributed by atoms with Gasteiger partial charge >= 0.3 is 0 Å². The van der Waals surface area contributed by atoms with Crippen molar-refractivity contribution in [3.05, 3.63) is 34.3 Å². The van der Waals surface area contributed by atoms with Crippen LogP contribution in [0.1, 0.15) is 51.7 Å². The van der Waals surface area contributed by atoms with Gasteiger partial charge in [0.15, 0.2) is 0 Å². The molecule has 3 heteroatoms. The van der Waals surface area contributed by atoms with Crippen molar-refractivity contribution in [1.29, 1.82) is 0 Å². The highest BCUT2D eigenvalue weighted by Gasteiger charge is 2.37. The molecule has 0 atom stereocenters. The minimum absolute atomic E-state index is 0.189. The molecule has 1 aromatic rings. The van der Waals surface area contributed by atoms with Crippen LogP contribution in [0.2, 0.25) is 5.02 Å². The first kappa shape index (κ1) is 15.8. The predicted molar refractivity (Wildman–Crippen MR) is 87.3 cm³/mol. The van der Waals surface area contributed by atoms with Crippen LogP contribution in [0.25, 0.3) is 0 Å². The van der Waals surface area contributed by atoms with Gasteiger partial charge in [-0.25, -0.2) is 0 Å². The van der Waals surface area contributed by atoms with Gasteiger partial charge in [-0.1, -0.05) is 17.7 Å². The molecule has 0 bridgehead atoms. The second kappa shape index (κ2) is 5.67. The summed E-state index contributed by atoms with van der Waals surface area (Å²) in [7, 11) is 0. The third kappa shape index (κ3) is 4.21. The Morgan fingerprint density at radius 1 is 1.20 bits per heavy atom. The Labute approximate surface area is 128 Å². The molecule has 2 rings (SSSR count). The Kier molecular flexibility index (Phi) is 4.48. The molecule has 0 amide bonds. The van der Waals surface area contributed by atoms with Crippen LogP contribution in [-0.4, -0.2) is 17.1 Å². The Morgan fingerprint density at radius 3 is 2.35 bits per heavy atom. The van der Waals surface area contributed by atoms with Crippen molar-refractivity contribution >= 4 is 11.6 Å². The highest BCUT2D eigenvalue weighted by molar-refractivity contribution is 6.30. The van der Waals surface area contributed by atoms with Gasteiger partial charge in [0.1, 0.15) is 0 Å². The zero-order valence-electron chi connectivity index (χ0n) is 13.3. The molecule has 1 saturated heterocycles. The summed E-state index contributed by atoms with van der Waals surface area (Å²) < 4.78 is 0. The van der Waals surface area contributed by atoms with Crippen LogP contribution in [0.15, 0.2) is 18.2 Å². The fourth-order valence-electron chi connectivity index (χ4n) is 3.58. The molecule has 1 aromatic carbocycles. The van der Waals surface area contributed by atoms with E-state index < -0.39 is 0 Å². The zero-order chi connectivity index (χ0) is 15.0. The summed E-state index contributed by atoms with van der Waals surface area (Å²) in [5.74, 6) is 0. The van der Waals surface area contributed by atoms with Crippen LogP contribution >= 0.6 is 11.6 Å². The summed E-state index contributed by atoms with van der Waals surface area (Å²) in [5.41, 5.74) is 2.98. The molecule has 0 aromatic heterocycles. The molecular formula is C17H27ClN2. The van der Waals surface area contributed by atoms with Crippen molar-refractivity contribution in [3.63, 3.8) is 0 Å². The lowest BCUT2D eigenvalue weighted by Crippen LogP contribution is -2.61. The molecule has 1 heterocycles. The van der Waals surface area contributed by atoms with E-state index in [2.05, 4.69) is 51.3 Å². The molecule has 0 saturated carbocycles. The second-order valence-electron chi connectivity index (χ2n) is 7.45. The number of piperidine rings is 1. The Balaban J connectivity index is 2.00. The summed E-state index contributed by atoms with van der Waals surface area (Å²) in [6.07, 6.45) is 2.31. The molecule has 1 aliphatic rings. The highest BCUT2D eigenvalue weighted by atomic mass is 35.5. The van der Waals surface area contributed by atoms with Crippen molar-refractivity contribution in [2.24, 2.45) is 0 Å². The number of aryl methyl sites for hydroxylation is 1. The third-order valence-corrected chi connectivity index (χ3v) is 4.31. The number of rotatable bonds is 3. The van der Waals surface area contributed by atoms with Crippen LogP contribution in [-0.2, 0) is 6.54 Å². The van der Waals surface area contributed by atoms with Crippen LogP contribution in [0.4, 0.5) is 0 Å². The van der Waals surface area contributed by atoms with Gasteiger partial charge in [-0.05, 0) is 70.7 Å². The first-order valence-corrected chi connectivity index (χ1v) is 7.82. The van der Waals surface area contributed by atoms with Crippen LogP contribution in [0, 0.1) is 6.92 Å². The first-order valence-electron chi connectivity index (χ1n) is 7.45. The molecule has 1 aliphatic heterocycles. The third-order valence-electron chi connectivity index (χ3n) is 4.08. The van der Waals surface area contributed by atoms with Gasteiger partial charge in [-0.15, -0.1) is 0 Å². The van der Waals surface area contributed by atoms with E-state index in [0.717, 1.165) is 24.4 Å². The van der Waals surface area contributed by atoms with Gasteiger partial charge in [0, 0.05) is 28.7 Å². The smallest absolute Gasteiger partial charge is 0.0408 e. The van der Waals surface area contributed by atoms with E-state index in [-0.39, 0.29) is 11.1 Å². The average Bonchev–Trinajstić information content (AvgIpc) is 2.23. The standard InChI is InChI=1S/C17H27ClN2/c1-12-8-14(18)7-6-13(12)11-19-15-9-16(2,3)20-17(4,5)10-15/h6-8,15,19-20H,9-11H2,1-5H3. The first-order chi connectivity index (χ1) is 9.17. The topological polar surface area (TPSA) is 24.1 Å². The molecule has 0 aliphatic carbocycles. The minimum atomic E-state index is 0.189. The van der Waals surface area contributed by atoms with Crippen molar-refractivity contribution in [3.8, 4) is 0 Å². The molecule has 0 radical (unpaired) electrons. The summed E-state index contributed by atoms with van der Waals surface area (Å²) in [6, 6.07) is 6.69. The molecule has 0 spiro atoms. The van der Waals surface area contributed by atoms with E-state index in [0.29, 0.717) is 6.04 Å². The van der Waals surface area contributed by atoms with E-state index in [1.54, 1.807) is 0 Å². The molecule has 1 fully saturated rings.